The number of carbonyl (C=O) groups is 1. The van der Waals surface area contributed by atoms with E-state index in [9.17, 15) is 13.2 Å². The molecule has 5 nitrogen and oxygen atoms in total. The number of anilines is 1. The van der Waals surface area contributed by atoms with E-state index in [0.29, 0.717) is 24.3 Å². The Hall–Kier alpha value is -2.38. The highest BCUT2D eigenvalue weighted by molar-refractivity contribution is 7.94. The summed E-state index contributed by atoms with van der Waals surface area (Å²) in [4.78, 5) is 14.0. The largest absolute Gasteiger partial charge is 0.331 e. The summed E-state index contributed by atoms with van der Waals surface area (Å²) in [6.07, 6.45) is 3.29. The SMILES string of the molecule is C=CCN(CC=C)C(=O)c1ccc(NS(=O)(=O)c2cccs2)cc1. The third-order valence-electron chi connectivity index (χ3n) is 3.13. The molecule has 0 aliphatic rings. The van der Waals surface area contributed by atoms with Crippen molar-refractivity contribution in [1.82, 2.24) is 4.90 Å². The van der Waals surface area contributed by atoms with Gasteiger partial charge in [-0.1, -0.05) is 18.2 Å². The van der Waals surface area contributed by atoms with Gasteiger partial charge in [0, 0.05) is 24.3 Å². The van der Waals surface area contributed by atoms with Crippen molar-refractivity contribution in [3.05, 3.63) is 72.7 Å². The van der Waals surface area contributed by atoms with Crippen molar-refractivity contribution in [1.29, 1.82) is 0 Å². The molecule has 2 rings (SSSR count). The molecular weight excluding hydrogens is 344 g/mol. The van der Waals surface area contributed by atoms with E-state index >= 15 is 0 Å². The van der Waals surface area contributed by atoms with Gasteiger partial charge in [0.05, 0.1) is 0 Å². The summed E-state index contributed by atoms with van der Waals surface area (Å²) >= 11 is 1.14. The van der Waals surface area contributed by atoms with Gasteiger partial charge in [-0.15, -0.1) is 24.5 Å². The average Bonchev–Trinajstić information content (AvgIpc) is 3.10. The van der Waals surface area contributed by atoms with E-state index in [1.165, 1.54) is 6.07 Å². The molecule has 24 heavy (non-hydrogen) atoms. The van der Waals surface area contributed by atoms with Crippen LogP contribution in [0.5, 0.6) is 0 Å². The maximum Gasteiger partial charge on any atom is 0.271 e. The molecule has 1 N–H and O–H groups in total. The fourth-order valence-corrected chi connectivity index (χ4v) is 4.09. The number of benzene rings is 1. The van der Waals surface area contributed by atoms with Crippen LogP contribution in [-0.4, -0.2) is 32.3 Å². The number of sulfonamides is 1. The zero-order chi connectivity index (χ0) is 17.6. The highest BCUT2D eigenvalue weighted by Crippen LogP contribution is 2.20. The van der Waals surface area contributed by atoms with Crippen LogP contribution in [0, 0.1) is 0 Å². The van der Waals surface area contributed by atoms with Crippen LogP contribution in [-0.2, 0) is 10.0 Å². The minimum Gasteiger partial charge on any atom is -0.331 e. The zero-order valence-corrected chi connectivity index (χ0v) is 14.6. The number of hydrogen-bond acceptors (Lipinski definition) is 4. The van der Waals surface area contributed by atoms with Crippen molar-refractivity contribution >= 4 is 33.0 Å². The Bertz CT molecular complexity index is 800. The monoisotopic (exact) mass is 362 g/mol. The van der Waals surface area contributed by atoms with Crippen molar-refractivity contribution in [2.45, 2.75) is 4.21 Å². The van der Waals surface area contributed by atoms with Gasteiger partial charge in [-0.3, -0.25) is 9.52 Å². The standard InChI is InChI=1S/C17H18N2O3S2/c1-3-11-19(12-4-2)17(20)14-7-9-15(10-8-14)18-24(21,22)16-6-5-13-23-16/h3-10,13,18H,1-2,11-12H2. The van der Waals surface area contributed by atoms with E-state index in [0.717, 1.165) is 11.3 Å². The number of nitrogens with zero attached hydrogens (tertiary/aromatic N) is 1. The van der Waals surface area contributed by atoms with Crippen LogP contribution in [0.2, 0.25) is 0 Å². The van der Waals surface area contributed by atoms with Crippen LogP contribution < -0.4 is 4.72 Å². The second kappa shape index (κ2) is 7.94. The molecule has 0 saturated heterocycles. The van der Waals surface area contributed by atoms with Crippen LogP contribution in [0.3, 0.4) is 0 Å². The predicted molar refractivity (Wildman–Crippen MR) is 97.9 cm³/mol. The molecule has 2 aromatic rings. The van der Waals surface area contributed by atoms with Gasteiger partial charge in [0.1, 0.15) is 4.21 Å². The van der Waals surface area contributed by atoms with E-state index in [-0.39, 0.29) is 10.1 Å². The predicted octanol–water partition coefficient (Wildman–Crippen LogP) is 3.36. The highest BCUT2D eigenvalue weighted by atomic mass is 32.2. The molecule has 1 aromatic carbocycles. The number of thiophene rings is 1. The molecule has 0 aliphatic carbocycles. The van der Waals surface area contributed by atoms with E-state index in [1.807, 2.05) is 0 Å². The number of hydrogen-bond donors (Lipinski definition) is 1. The summed E-state index contributed by atoms with van der Waals surface area (Å²) in [5.74, 6) is -0.164. The smallest absolute Gasteiger partial charge is 0.271 e. The lowest BCUT2D eigenvalue weighted by atomic mass is 10.2. The fourth-order valence-electron chi connectivity index (χ4n) is 2.04. The summed E-state index contributed by atoms with van der Waals surface area (Å²) in [6.45, 7) is 8.10. The highest BCUT2D eigenvalue weighted by Gasteiger charge is 2.16. The first-order chi connectivity index (χ1) is 11.5. The molecule has 0 bridgehead atoms. The lowest BCUT2D eigenvalue weighted by Crippen LogP contribution is -2.31. The first kappa shape index (κ1) is 18.0. The lowest BCUT2D eigenvalue weighted by Gasteiger charge is -2.19. The van der Waals surface area contributed by atoms with Crippen LogP contribution >= 0.6 is 11.3 Å². The normalized spacial score (nSPS) is 10.8. The molecule has 0 saturated carbocycles. The maximum atomic E-state index is 12.4. The summed E-state index contributed by atoms with van der Waals surface area (Å²) in [5, 5.41) is 1.70. The van der Waals surface area contributed by atoms with Crippen molar-refractivity contribution in [3.8, 4) is 0 Å². The molecule has 7 heteroatoms. The minimum atomic E-state index is -3.59. The van der Waals surface area contributed by atoms with Crippen molar-refractivity contribution in [2.24, 2.45) is 0 Å². The van der Waals surface area contributed by atoms with Gasteiger partial charge in [0.2, 0.25) is 0 Å². The quantitative estimate of drug-likeness (QED) is 0.732. The second-order valence-electron chi connectivity index (χ2n) is 4.90. The van der Waals surface area contributed by atoms with Gasteiger partial charge in [0.25, 0.3) is 15.9 Å². The van der Waals surface area contributed by atoms with Crippen LogP contribution in [0.15, 0.2) is 71.3 Å². The van der Waals surface area contributed by atoms with E-state index < -0.39 is 10.0 Å². The molecule has 1 heterocycles. The third kappa shape index (κ3) is 4.33. The molecule has 0 aliphatic heterocycles. The third-order valence-corrected chi connectivity index (χ3v) is 5.91. The molecule has 1 aromatic heterocycles. The fraction of sp³-hybridized carbons (Fsp3) is 0.118. The van der Waals surface area contributed by atoms with Gasteiger partial charge in [-0.25, -0.2) is 8.42 Å². The molecule has 126 valence electrons. The Balaban J connectivity index is 2.14. The maximum absolute atomic E-state index is 12.4. The Morgan fingerprint density at radius 3 is 2.25 bits per heavy atom. The Morgan fingerprint density at radius 2 is 1.75 bits per heavy atom. The number of nitrogens with one attached hydrogen (secondary N) is 1. The minimum absolute atomic E-state index is 0.164. The zero-order valence-electron chi connectivity index (χ0n) is 13.0. The summed E-state index contributed by atoms with van der Waals surface area (Å²) in [5.41, 5.74) is 0.872. The van der Waals surface area contributed by atoms with Crippen LogP contribution in [0.1, 0.15) is 10.4 Å². The molecule has 0 radical (unpaired) electrons. The number of carbonyl (C=O) groups excluding carboxylic acids is 1. The average molecular weight is 362 g/mol. The molecule has 0 atom stereocenters. The molecule has 1 amide bonds. The topological polar surface area (TPSA) is 66.5 Å². The van der Waals surface area contributed by atoms with Crippen molar-refractivity contribution in [2.75, 3.05) is 17.8 Å². The van der Waals surface area contributed by atoms with Gasteiger partial charge < -0.3 is 4.90 Å². The lowest BCUT2D eigenvalue weighted by molar-refractivity contribution is 0.0791. The number of amides is 1. The van der Waals surface area contributed by atoms with Gasteiger partial charge >= 0.3 is 0 Å². The van der Waals surface area contributed by atoms with Gasteiger partial charge in [-0.05, 0) is 35.7 Å². The Kier molecular flexibility index (Phi) is 5.94. The first-order valence-electron chi connectivity index (χ1n) is 7.15. The van der Waals surface area contributed by atoms with E-state index in [4.69, 9.17) is 0 Å². The summed E-state index contributed by atoms with van der Waals surface area (Å²) in [7, 11) is -3.59. The second-order valence-corrected chi connectivity index (χ2v) is 7.76. The van der Waals surface area contributed by atoms with Gasteiger partial charge in [-0.2, -0.15) is 0 Å². The van der Waals surface area contributed by atoms with Crippen molar-refractivity contribution in [3.63, 3.8) is 0 Å². The van der Waals surface area contributed by atoms with Crippen molar-refractivity contribution < 1.29 is 13.2 Å². The number of rotatable bonds is 8. The first-order valence-corrected chi connectivity index (χ1v) is 9.51. The van der Waals surface area contributed by atoms with E-state index in [2.05, 4.69) is 17.9 Å². The Morgan fingerprint density at radius 1 is 1.12 bits per heavy atom. The molecular formula is C17H18N2O3S2. The Labute approximate surface area is 146 Å². The van der Waals surface area contributed by atoms with Crippen LogP contribution in [0.25, 0.3) is 0 Å². The molecule has 0 unspecified atom stereocenters. The van der Waals surface area contributed by atoms with E-state index in [1.54, 1.807) is 52.8 Å². The molecule has 0 fully saturated rings. The van der Waals surface area contributed by atoms with Crippen LogP contribution in [0.4, 0.5) is 5.69 Å². The molecule has 0 spiro atoms. The summed E-state index contributed by atoms with van der Waals surface area (Å²) in [6, 6.07) is 9.53. The van der Waals surface area contributed by atoms with Gasteiger partial charge in [0.15, 0.2) is 0 Å². The summed E-state index contributed by atoms with van der Waals surface area (Å²) < 4.78 is 27.1.